The molecule has 186 valence electrons. The highest BCUT2D eigenvalue weighted by atomic mass is 35.5. The first kappa shape index (κ1) is 26.7. The van der Waals surface area contributed by atoms with E-state index in [-0.39, 0.29) is 25.6 Å². The molecule has 0 N–H and O–H groups in total. The average molecular weight is 529 g/mol. The van der Waals surface area contributed by atoms with Crippen molar-refractivity contribution in [1.29, 1.82) is 0 Å². The van der Waals surface area contributed by atoms with Gasteiger partial charge in [0.15, 0.2) is 6.10 Å². The van der Waals surface area contributed by atoms with Gasteiger partial charge in [-0.25, -0.2) is 4.79 Å². The summed E-state index contributed by atoms with van der Waals surface area (Å²) in [5.74, 6) is 0.457. The third-order valence-electron chi connectivity index (χ3n) is 4.67. The number of carbonyl (C=O) groups excluding carboxylic acids is 1. The quantitative estimate of drug-likeness (QED) is 0.203. The molecule has 0 aromatic heterocycles. The topological polar surface area (TPSA) is 54.0 Å². The van der Waals surface area contributed by atoms with Crippen LogP contribution in [0, 0.1) is 0 Å². The standard InChI is InChI=1S/C25H21Cl2F3O5/c1-16(24(31)33-14-13-32-15-21-22(26)3-2-4-23(21)27)34-18-9-11-20(12-10-18)35-19-7-5-17(6-8-19)25(28,29)30/h2-12,16H,13-15H2,1H3. The van der Waals surface area contributed by atoms with Gasteiger partial charge < -0.3 is 18.9 Å². The highest BCUT2D eigenvalue weighted by molar-refractivity contribution is 6.35. The van der Waals surface area contributed by atoms with Crippen LogP contribution in [0.25, 0.3) is 0 Å². The van der Waals surface area contributed by atoms with E-state index < -0.39 is 23.8 Å². The average Bonchev–Trinajstić information content (AvgIpc) is 2.81. The maximum Gasteiger partial charge on any atom is 0.416 e. The van der Waals surface area contributed by atoms with E-state index in [1.54, 1.807) is 49.4 Å². The van der Waals surface area contributed by atoms with Crippen LogP contribution >= 0.6 is 23.2 Å². The van der Waals surface area contributed by atoms with E-state index in [1.165, 1.54) is 12.1 Å². The smallest absolute Gasteiger partial charge is 0.416 e. The van der Waals surface area contributed by atoms with E-state index in [9.17, 15) is 18.0 Å². The van der Waals surface area contributed by atoms with Crippen molar-refractivity contribution in [2.24, 2.45) is 0 Å². The molecule has 0 fully saturated rings. The zero-order valence-corrected chi connectivity index (χ0v) is 20.0. The number of alkyl halides is 3. The lowest BCUT2D eigenvalue weighted by molar-refractivity contribution is -0.152. The molecular formula is C25H21Cl2F3O5. The van der Waals surface area contributed by atoms with Crippen molar-refractivity contribution in [3.8, 4) is 17.2 Å². The lowest BCUT2D eigenvalue weighted by atomic mass is 10.2. The minimum absolute atomic E-state index is 0.0223. The molecule has 0 heterocycles. The fourth-order valence-corrected chi connectivity index (χ4v) is 3.36. The fraction of sp³-hybridized carbons (Fsp3) is 0.240. The molecule has 5 nitrogen and oxygen atoms in total. The molecule has 35 heavy (non-hydrogen) atoms. The molecule has 0 saturated carbocycles. The van der Waals surface area contributed by atoms with Crippen molar-refractivity contribution >= 4 is 29.2 Å². The summed E-state index contributed by atoms with van der Waals surface area (Å²) in [6, 6.07) is 15.8. The molecular weight excluding hydrogens is 508 g/mol. The summed E-state index contributed by atoms with van der Waals surface area (Å²) in [7, 11) is 0. The number of hydrogen-bond donors (Lipinski definition) is 0. The molecule has 0 radical (unpaired) electrons. The minimum atomic E-state index is -4.41. The number of ether oxygens (including phenoxy) is 4. The van der Waals surface area contributed by atoms with E-state index in [2.05, 4.69) is 0 Å². The van der Waals surface area contributed by atoms with Crippen LogP contribution < -0.4 is 9.47 Å². The Morgan fingerprint density at radius 3 is 1.97 bits per heavy atom. The van der Waals surface area contributed by atoms with Crippen molar-refractivity contribution in [2.45, 2.75) is 25.8 Å². The molecule has 3 aromatic rings. The van der Waals surface area contributed by atoms with Crippen LogP contribution in [0.1, 0.15) is 18.1 Å². The number of carbonyl (C=O) groups is 1. The minimum Gasteiger partial charge on any atom is -0.479 e. The van der Waals surface area contributed by atoms with Gasteiger partial charge in [0.2, 0.25) is 0 Å². The predicted molar refractivity (Wildman–Crippen MR) is 125 cm³/mol. The number of esters is 1. The lowest BCUT2D eigenvalue weighted by Gasteiger charge is -2.15. The predicted octanol–water partition coefficient (Wildman–Crippen LogP) is 7.33. The first-order chi connectivity index (χ1) is 16.6. The number of hydrogen-bond acceptors (Lipinski definition) is 5. The normalized spacial score (nSPS) is 12.2. The molecule has 0 aliphatic heterocycles. The van der Waals surface area contributed by atoms with Gasteiger partial charge in [0.05, 0.1) is 18.8 Å². The SMILES string of the molecule is CC(Oc1ccc(Oc2ccc(C(F)(F)F)cc2)cc1)C(=O)OCCOCc1c(Cl)cccc1Cl. The van der Waals surface area contributed by atoms with Crippen molar-refractivity contribution in [3.05, 3.63) is 87.9 Å². The van der Waals surface area contributed by atoms with Gasteiger partial charge in [0, 0.05) is 15.6 Å². The highest BCUT2D eigenvalue weighted by Gasteiger charge is 2.30. The Hall–Kier alpha value is -2.94. The largest absolute Gasteiger partial charge is 0.479 e. The summed E-state index contributed by atoms with van der Waals surface area (Å²) in [4.78, 5) is 12.1. The van der Waals surface area contributed by atoms with Gasteiger partial charge in [0.1, 0.15) is 23.9 Å². The maximum atomic E-state index is 12.6. The second-order valence-corrected chi connectivity index (χ2v) is 8.09. The monoisotopic (exact) mass is 528 g/mol. The lowest BCUT2D eigenvalue weighted by Crippen LogP contribution is -2.27. The van der Waals surface area contributed by atoms with Crippen LogP contribution in [-0.2, 0) is 27.1 Å². The third-order valence-corrected chi connectivity index (χ3v) is 5.37. The molecule has 10 heteroatoms. The molecule has 3 aromatic carbocycles. The van der Waals surface area contributed by atoms with E-state index in [4.69, 9.17) is 42.1 Å². The molecule has 1 atom stereocenters. The molecule has 0 aliphatic carbocycles. The van der Waals surface area contributed by atoms with Crippen molar-refractivity contribution in [1.82, 2.24) is 0 Å². The Balaban J connectivity index is 1.40. The Morgan fingerprint density at radius 2 is 1.40 bits per heavy atom. The summed E-state index contributed by atoms with van der Waals surface area (Å²) in [6.07, 6.45) is -5.29. The number of benzene rings is 3. The zero-order chi connectivity index (χ0) is 25.4. The van der Waals surface area contributed by atoms with Crippen LogP contribution in [0.2, 0.25) is 10.0 Å². The first-order valence-electron chi connectivity index (χ1n) is 10.4. The molecule has 0 aliphatic rings. The maximum absolute atomic E-state index is 12.6. The van der Waals surface area contributed by atoms with Crippen molar-refractivity contribution < 1.29 is 36.9 Å². The molecule has 0 spiro atoms. The van der Waals surface area contributed by atoms with Crippen LogP contribution in [-0.4, -0.2) is 25.3 Å². The van der Waals surface area contributed by atoms with Crippen molar-refractivity contribution in [3.63, 3.8) is 0 Å². The van der Waals surface area contributed by atoms with Gasteiger partial charge >= 0.3 is 12.1 Å². The van der Waals surface area contributed by atoms with Crippen LogP contribution in [0.3, 0.4) is 0 Å². The summed E-state index contributed by atoms with van der Waals surface area (Å²) < 4.78 is 59.6. The molecule has 0 amide bonds. The third kappa shape index (κ3) is 8.06. The number of halogens is 5. The number of rotatable bonds is 10. The zero-order valence-electron chi connectivity index (χ0n) is 18.5. The summed E-state index contributed by atoms with van der Waals surface area (Å²) in [6.45, 7) is 1.90. The second-order valence-electron chi connectivity index (χ2n) is 7.28. The van der Waals surface area contributed by atoms with Gasteiger partial charge in [-0.2, -0.15) is 13.2 Å². The van der Waals surface area contributed by atoms with Gasteiger partial charge in [0.25, 0.3) is 0 Å². The Morgan fingerprint density at radius 1 is 0.857 bits per heavy atom. The van der Waals surface area contributed by atoms with E-state index in [0.29, 0.717) is 27.1 Å². The summed E-state index contributed by atoms with van der Waals surface area (Å²) >= 11 is 12.1. The molecule has 0 bridgehead atoms. The van der Waals surface area contributed by atoms with E-state index in [0.717, 1.165) is 12.1 Å². The summed E-state index contributed by atoms with van der Waals surface area (Å²) in [5.41, 5.74) is -0.101. The van der Waals surface area contributed by atoms with Crippen molar-refractivity contribution in [2.75, 3.05) is 13.2 Å². The Kier molecular flexibility index (Phi) is 9.26. The van der Waals surface area contributed by atoms with Crippen LogP contribution in [0.4, 0.5) is 13.2 Å². The second kappa shape index (κ2) is 12.2. The van der Waals surface area contributed by atoms with E-state index in [1.807, 2.05) is 0 Å². The highest BCUT2D eigenvalue weighted by Crippen LogP contribution is 2.32. The Bertz CT molecular complexity index is 1100. The van der Waals surface area contributed by atoms with Gasteiger partial charge in [-0.1, -0.05) is 29.3 Å². The van der Waals surface area contributed by atoms with Gasteiger partial charge in [-0.3, -0.25) is 0 Å². The molecule has 0 saturated heterocycles. The Labute approximate surface area is 210 Å². The van der Waals surface area contributed by atoms with E-state index >= 15 is 0 Å². The van der Waals surface area contributed by atoms with Gasteiger partial charge in [-0.15, -0.1) is 0 Å². The van der Waals surface area contributed by atoms with Gasteiger partial charge in [-0.05, 0) is 67.6 Å². The van der Waals surface area contributed by atoms with Crippen LogP contribution in [0.15, 0.2) is 66.7 Å². The first-order valence-corrected chi connectivity index (χ1v) is 11.2. The fourth-order valence-electron chi connectivity index (χ4n) is 2.85. The molecule has 1 unspecified atom stereocenters. The van der Waals surface area contributed by atoms with Crippen LogP contribution in [0.5, 0.6) is 17.2 Å². The molecule has 3 rings (SSSR count). The summed E-state index contributed by atoms with van der Waals surface area (Å²) in [5, 5.41) is 0.986.